The van der Waals surface area contributed by atoms with E-state index < -0.39 is 23.9 Å². The SMILES string of the molecule is CC(C)[C@H](NC(=O)c1nc(-c2ccc(NC(=O)Nc3ccc(Cl)cc3)cc2)cs1)C(=O)O. The van der Waals surface area contributed by atoms with Crippen molar-refractivity contribution in [1.29, 1.82) is 0 Å². The number of benzene rings is 2. The number of nitrogens with zero attached hydrogens (tertiary/aromatic N) is 1. The third-order valence-electron chi connectivity index (χ3n) is 4.46. The van der Waals surface area contributed by atoms with Crippen molar-refractivity contribution in [2.24, 2.45) is 5.92 Å². The van der Waals surface area contributed by atoms with Gasteiger partial charge in [0.1, 0.15) is 6.04 Å². The van der Waals surface area contributed by atoms with Gasteiger partial charge in [0, 0.05) is 27.3 Å². The summed E-state index contributed by atoms with van der Waals surface area (Å²) >= 11 is 6.96. The number of aliphatic carboxylic acids is 1. The van der Waals surface area contributed by atoms with Crippen molar-refractivity contribution in [1.82, 2.24) is 10.3 Å². The second-order valence-electron chi connectivity index (χ2n) is 7.23. The van der Waals surface area contributed by atoms with Crippen LogP contribution in [0.15, 0.2) is 53.9 Å². The topological polar surface area (TPSA) is 120 Å². The van der Waals surface area contributed by atoms with E-state index in [1.54, 1.807) is 67.8 Å². The molecule has 3 aromatic rings. The molecule has 0 aliphatic carbocycles. The van der Waals surface area contributed by atoms with Crippen LogP contribution in [0.25, 0.3) is 11.3 Å². The Kier molecular flexibility index (Phi) is 7.45. The maximum absolute atomic E-state index is 12.4. The van der Waals surface area contributed by atoms with Crippen molar-refractivity contribution in [2.75, 3.05) is 10.6 Å². The fourth-order valence-electron chi connectivity index (χ4n) is 2.78. The average Bonchev–Trinajstić information content (AvgIpc) is 3.24. The molecule has 0 bridgehead atoms. The number of halogens is 1. The van der Waals surface area contributed by atoms with E-state index in [-0.39, 0.29) is 10.9 Å². The molecule has 0 saturated carbocycles. The molecule has 0 fully saturated rings. The lowest BCUT2D eigenvalue weighted by atomic mass is 10.1. The fraction of sp³-hybridized carbons (Fsp3) is 0.182. The molecule has 0 saturated heterocycles. The van der Waals surface area contributed by atoms with E-state index in [1.807, 2.05) is 0 Å². The van der Waals surface area contributed by atoms with Gasteiger partial charge in [0.15, 0.2) is 5.01 Å². The Hall–Kier alpha value is -3.43. The molecule has 0 unspecified atom stereocenters. The highest BCUT2D eigenvalue weighted by molar-refractivity contribution is 7.12. The highest BCUT2D eigenvalue weighted by Crippen LogP contribution is 2.24. The molecule has 0 radical (unpaired) electrons. The highest BCUT2D eigenvalue weighted by Gasteiger charge is 2.25. The Morgan fingerprint density at radius 2 is 1.53 bits per heavy atom. The molecule has 0 aliphatic rings. The summed E-state index contributed by atoms with van der Waals surface area (Å²) < 4.78 is 0. The van der Waals surface area contributed by atoms with Crippen molar-refractivity contribution in [3.8, 4) is 11.3 Å². The van der Waals surface area contributed by atoms with Gasteiger partial charge in [-0.1, -0.05) is 37.6 Å². The summed E-state index contributed by atoms with van der Waals surface area (Å²) in [6.45, 7) is 3.44. The number of carbonyl (C=O) groups is 3. The Balaban J connectivity index is 1.62. The molecule has 4 N–H and O–H groups in total. The number of hydrogen-bond acceptors (Lipinski definition) is 5. The molecule has 0 spiro atoms. The van der Waals surface area contributed by atoms with Crippen LogP contribution in [-0.2, 0) is 4.79 Å². The molecule has 3 amide bonds. The molecule has 32 heavy (non-hydrogen) atoms. The van der Waals surface area contributed by atoms with Crippen LogP contribution in [0.4, 0.5) is 16.2 Å². The number of carboxylic acid groups (broad SMARTS) is 1. The lowest BCUT2D eigenvalue weighted by Crippen LogP contribution is -2.44. The summed E-state index contributed by atoms with van der Waals surface area (Å²) in [4.78, 5) is 40.1. The second-order valence-corrected chi connectivity index (χ2v) is 8.53. The van der Waals surface area contributed by atoms with Crippen LogP contribution >= 0.6 is 22.9 Å². The van der Waals surface area contributed by atoms with E-state index in [4.69, 9.17) is 11.6 Å². The van der Waals surface area contributed by atoms with Crippen molar-refractivity contribution in [2.45, 2.75) is 19.9 Å². The summed E-state index contributed by atoms with van der Waals surface area (Å²) in [5.74, 6) is -1.87. The molecule has 2 aromatic carbocycles. The zero-order chi connectivity index (χ0) is 23.3. The summed E-state index contributed by atoms with van der Waals surface area (Å²) in [5, 5.41) is 19.6. The number of nitrogens with one attached hydrogen (secondary N) is 3. The number of thiazole rings is 1. The molecular weight excluding hydrogens is 452 g/mol. The summed E-state index contributed by atoms with van der Waals surface area (Å²) in [6, 6.07) is 12.3. The van der Waals surface area contributed by atoms with E-state index in [1.165, 1.54) is 0 Å². The van der Waals surface area contributed by atoms with E-state index >= 15 is 0 Å². The van der Waals surface area contributed by atoms with Crippen LogP contribution in [0.3, 0.4) is 0 Å². The van der Waals surface area contributed by atoms with E-state index in [2.05, 4.69) is 20.9 Å². The number of amides is 3. The van der Waals surface area contributed by atoms with Gasteiger partial charge in [-0.2, -0.15) is 0 Å². The Labute approximate surface area is 193 Å². The smallest absolute Gasteiger partial charge is 0.326 e. The van der Waals surface area contributed by atoms with Crippen LogP contribution in [0.5, 0.6) is 0 Å². The molecule has 166 valence electrons. The second kappa shape index (κ2) is 10.3. The minimum Gasteiger partial charge on any atom is -0.480 e. The van der Waals surface area contributed by atoms with Crippen molar-refractivity contribution in [3.63, 3.8) is 0 Å². The van der Waals surface area contributed by atoms with Crippen LogP contribution in [0.2, 0.25) is 5.02 Å². The number of rotatable bonds is 7. The number of carboxylic acids is 1. The average molecular weight is 473 g/mol. The molecule has 1 aromatic heterocycles. The quantitative estimate of drug-likeness (QED) is 0.388. The van der Waals surface area contributed by atoms with Gasteiger partial charge in [0.25, 0.3) is 5.91 Å². The van der Waals surface area contributed by atoms with Crippen LogP contribution in [0.1, 0.15) is 23.6 Å². The predicted octanol–water partition coefficient (Wildman–Crippen LogP) is 4.95. The van der Waals surface area contributed by atoms with Gasteiger partial charge in [-0.15, -0.1) is 11.3 Å². The Bertz CT molecular complexity index is 1110. The molecule has 8 nitrogen and oxygen atoms in total. The van der Waals surface area contributed by atoms with Gasteiger partial charge in [0.05, 0.1) is 5.69 Å². The van der Waals surface area contributed by atoms with E-state index in [9.17, 15) is 19.5 Å². The van der Waals surface area contributed by atoms with Gasteiger partial charge < -0.3 is 21.1 Å². The Morgan fingerprint density at radius 1 is 0.969 bits per heavy atom. The maximum atomic E-state index is 12.4. The van der Waals surface area contributed by atoms with E-state index in [0.29, 0.717) is 22.1 Å². The standard InChI is InChI=1S/C22H21ClN4O4S/c1-12(2)18(21(29)30)27-19(28)20-26-17(11-32-20)13-3-7-15(8-4-13)24-22(31)25-16-9-5-14(23)6-10-16/h3-12,18H,1-2H3,(H,27,28)(H,29,30)(H2,24,25,31)/t18-/m0/s1. The first-order chi connectivity index (χ1) is 15.2. The first kappa shape index (κ1) is 23.2. The monoisotopic (exact) mass is 472 g/mol. The van der Waals surface area contributed by atoms with Gasteiger partial charge in [-0.05, 0) is 42.3 Å². The zero-order valence-corrected chi connectivity index (χ0v) is 18.8. The Morgan fingerprint density at radius 3 is 2.06 bits per heavy atom. The van der Waals surface area contributed by atoms with Gasteiger partial charge >= 0.3 is 12.0 Å². The third-order valence-corrected chi connectivity index (χ3v) is 5.55. The van der Waals surface area contributed by atoms with Crippen LogP contribution in [0, 0.1) is 5.92 Å². The summed E-state index contributed by atoms with van der Waals surface area (Å²) in [7, 11) is 0. The predicted molar refractivity (Wildman–Crippen MR) is 125 cm³/mol. The third kappa shape index (κ3) is 6.05. The number of urea groups is 1. The maximum Gasteiger partial charge on any atom is 0.326 e. The number of aromatic nitrogens is 1. The fourth-order valence-corrected chi connectivity index (χ4v) is 3.63. The summed E-state index contributed by atoms with van der Waals surface area (Å²) in [5.41, 5.74) is 2.52. The number of carbonyl (C=O) groups excluding carboxylic acids is 2. The van der Waals surface area contributed by atoms with Crippen LogP contribution < -0.4 is 16.0 Å². The molecule has 1 heterocycles. The zero-order valence-electron chi connectivity index (χ0n) is 17.3. The molecule has 1 atom stereocenters. The molecule has 10 heteroatoms. The number of anilines is 2. The molecule has 0 aliphatic heterocycles. The van der Waals surface area contributed by atoms with Crippen molar-refractivity contribution >= 4 is 52.2 Å². The highest BCUT2D eigenvalue weighted by atomic mass is 35.5. The van der Waals surface area contributed by atoms with Crippen LogP contribution in [-0.4, -0.2) is 34.0 Å². The normalized spacial score (nSPS) is 11.6. The minimum atomic E-state index is -1.09. The minimum absolute atomic E-state index is 0.177. The lowest BCUT2D eigenvalue weighted by molar-refractivity contribution is -0.140. The van der Waals surface area contributed by atoms with Gasteiger partial charge in [-0.25, -0.2) is 14.6 Å². The first-order valence-electron chi connectivity index (χ1n) is 9.66. The van der Waals surface area contributed by atoms with Gasteiger partial charge in [0.2, 0.25) is 0 Å². The lowest BCUT2D eigenvalue weighted by Gasteiger charge is -2.16. The summed E-state index contributed by atoms with van der Waals surface area (Å²) in [6.07, 6.45) is 0. The molecular formula is C22H21ClN4O4S. The van der Waals surface area contributed by atoms with Crippen molar-refractivity contribution < 1.29 is 19.5 Å². The van der Waals surface area contributed by atoms with Crippen molar-refractivity contribution in [3.05, 3.63) is 63.9 Å². The first-order valence-corrected chi connectivity index (χ1v) is 10.9. The van der Waals surface area contributed by atoms with Gasteiger partial charge in [-0.3, -0.25) is 4.79 Å². The largest absolute Gasteiger partial charge is 0.480 e. The molecule has 3 rings (SSSR count). The van der Waals surface area contributed by atoms with E-state index in [0.717, 1.165) is 16.9 Å². The number of hydrogen-bond donors (Lipinski definition) is 4.